The van der Waals surface area contributed by atoms with E-state index in [1.807, 2.05) is 49.4 Å². The molecule has 0 bridgehead atoms. The number of amides is 3. The zero-order chi connectivity index (χ0) is 28.4. The molecular formula is C29H31BrN4O5. The van der Waals surface area contributed by atoms with Crippen LogP contribution in [0.25, 0.3) is 0 Å². The van der Waals surface area contributed by atoms with Crippen molar-refractivity contribution >= 4 is 45.6 Å². The van der Waals surface area contributed by atoms with Crippen molar-refractivity contribution in [3.8, 4) is 11.5 Å². The molecule has 9 nitrogen and oxygen atoms in total. The van der Waals surface area contributed by atoms with Gasteiger partial charge in [-0.05, 0) is 75.3 Å². The highest BCUT2D eigenvalue weighted by Crippen LogP contribution is 2.36. The minimum atomic E-state index is -0.893. The van der Waals surface area contributed by atoms with Gasteiger partial charge in [0, 0.05) is 12.2 Å². The molecule has 10 heteroatoms. The first-order chi connectivity index (χ1) is 18.7. The van der Waals surface area contributed by atoms with Gasteiger partial charge < -0.3 is 20.1 Å². The summed E-state index contributed by atoms with van der Waals surface area (Å²) in [5, 5.41) is 9.21. The molecular weight excluding hydrogens is 564 g/mol. The number of methoxy groups -OCH3 is 1. The number of halogens is 1. The van der Waals surface area contributed by atoms with Gasteiger partial charge in [-0.15, -0.1) is 0 Å². The summed E-state index contributed by atoms with van der Waals surface area (Å²) < 4.78 is 11.6. The number of hydrogen-bond acceptors (Lipinski definition) is 6. The van der Waals surface area contributed by atoms with Crippen molar-refractivity contribution in [1.29, 1.82) is 0 Å². The summed E-state index contributed by atoms with van der Waals surface area (Å²) in [5.41, 5.74) is 6.55. The van der Waals surface area contributed by atoms with Crippen molar-refractivity contribution in [3.63, 3.8) is 0 Å². The van der Waals surface area contributed by atoms with Crippen LogP contribution < -0.4 is 25.5 Å². The second-order valence-corrected chi connectivity index (χ2v) is 9.87. The van der Waals surface area contributed by atoms with E-state index in [4.69, 9.17) is 9.47 Å². The quantitative estimate of drug-likeness (QED) is 0.179. The fourth-order valence-electron chi connectivity index (χ4n) is 3.51. The molecule has 0 heterocycles. The van der Waals surface area contributed by atoms with E-state index in [1.165, 1.54) is 18.9 Å². The third kappa shape index (κ3) is 8.96. The normalized spacial score (nSPS) is 10.8. The number of ether oxygens (including phenoxy) is 2. The first kappa shape index (κ1) is 29.4. The van der Waals surface area contributed by atoms with Gasteiger partial charge in [-0.1, -0.05) is 50.2 Å². The SMILES string of the molecule is COc1cc(/C=N\NC(=O)C(=O)NCc2ccc(C(C)C)cc2)cc(Br)c1OCC(=O)Nc1cccc(C)c1. The molecule has 3 N–H and O–H groups in total. The van der Waals surface area contributed by atoms with Crippen LogP contribution in [0.4, 0.5) is 5.69 Å². The molecule has 0 aliphatic carbocycles. The van der Waals surface area contributed by atoms with Crippen molar-refractivity contribution < 1.29 is 23.9 Å². The summed E-state index contributed by atoms with van der Waals surface area (Å²) in [4.78, 5) is 36.5. The minimum absolute atomic E-state index is 0.225. The average Bonchev–Trinajstić information content (AvgIpc) is 2.91. The Morgan fingerprint density at radius 3 is 2.44 bits per heavy atom. The third-order valence-corrected chi connectivity index (χ3v) is 6.18. The van der Waals surface area contributed by atoms with Crippen LogP contribution in [0, 0.1) is 6.92 Å². The van der Waals surface area contributed by atoms with Gasteiger partial charge in [0.05, 0.1) is 17.8 Å². The number of nitrogens with zero attached hydrogens (tertiary/aromatic N) is 1. The summed E-state index contributed by atoms with van der Waals surface area (Å²) in [7, 11) is 1.46. The van der Waals surface area contributed by atoms with Crippen LogP contribution in [0.1, 0.15) is 42.0 Å². The number of benzene rings is 3. The molecule has 0 atom stereocenters. The lowest BCUT2D eigenvalue weighted by atomic mass is 10.0. The van der Waals surface area contributed by atoms with E-state index >= 15 is 0 Å². The minimum Gasteiger partial charge on any atom is -0.493 e. The number of anilines is 1. The van der Waals surface area contributed by atoms with Crippen LogP contribution in [0.5, 0.6) is 11.5 Å². The van der Waals surface area contributed by atoms with E-state index in [2.05, 4.69) is 50.9 Å². The number of rotatable bonds is 10. The second-order valence-electron chi connectivity index (χ2n) is 9.02. The topological polar surface area (TPSA) is 118 Å². The van der Waals surface area contributed by atoms with Crippen molar-refractivity contribution in [2.75, 3.05) is 19.0 Å². The fraction of sp³-hybridized carbons (Fsp3) is 0.241. The van der Waals surface area contributed by atoms with E-state index in [0.29, 0.717) is 33.1 Å². The number of hydrazone groups is 1. The Hall–Kier alpha value is -4.18. The van der Waals surface area contributed by atoms with E-state index in [0.717, 1.165) is 11.1 Å². The highest BCUT2D eigenvalue weighted by atomic mass is 79.9. The molecule has 0 unspecified atom stereocenters. The summed E-state index contributed by atoms with van der Waals surface area (Å²) in [6.45, 7) is 6.14. The highest BCUT2D eigenvalue weighted by molar-refractivity contribution is 9.10. The van der Waals surface area contributed by atoms with E-state index in [-0.39, 0.29) is 19.1 Å². The lowest BCUT2D eigenvalue weighted by Crippen LogP contribution is -2.37. The molecule has 0 spiro atoms. The van der Waals surface area contributed by atoms with Crippen LogP contribution in [0.15, 0.2) is 70.2 Å². The van der Waals surface area contributed by atoms with Gasteiger partial charge >= 0.3 is 11.8 Å². The zero-order valence-electron chi connectivity index (χ0n) is 22.2. The number of aryl methyl sites for hydroxylation is 1. The van der Waals surface area contributed by atoms with Crippen LogP contribution in [0.2, 0.25) is 0 Å². The molecule has 3 aromatic rings. The van der Waals surface area contributed by atoms with Crippen LogP contribution in [-0.2, 0) is 20.9 Å². The number of hydrogen-bond donors (Lipinski definition) is 3. The number of carbonyl (C=O) groups excluding carboxylic acids is 3. The van der Waals surface area contributed by atoms with Gasteiger partial charge in [-0.2, -0.15) is 5.10 Å². The molecule has 0 saturated heterocycles. The van der Waals surface area contributed by atoms with Crippen LogP contribution >= 0.6 is 15.9 Å². The summed E-state index contributed by atoms with van der Waals surface area (Å²) in [6, 6.07) is 18.6. The van der Waals surface area contributed by atoms with Crippen LogP contribution in [0.3, 0.4) is 0 Å². The molecule has 204 valence electrons. The molecule has 0 aromatic heterocycles. The van der Waals surface area contributed by atoms with Crippen molar-refractivity contribution in [3.05, 3.63) is 87.4 Å². The molecule has 0 saturated carbocycles. The molecule has 0 radical (unpaired) electrons. The number of nitrogens with one attached hydrogen (secondary N) is 3. The zero-order valence-corrected chi connectivity index (χ0v) is 23.8. The third-order valence-electron chi connectivity index (χ3n) is 5.59. The number of carbonyl (C=O) groups is 3. The van der Waals surface area contributed by atoms with Gasteiger partial charge in [-0.25, -0.2) is 5.43 Å². The molecule has 3 aromatic carbocycles. The Kier molecular flexibility index (Phi) is 10.6. The van der Waals surface area contributed by atoms with Gasteiger partial charge in [0.1, 0.15) is 0 Å². The summed E-state index contributed by atoms with van der Waals surface area (Å²) >= 11 is 3.41. The van der Waals surface area contributed by atoms with Crippen molar-refractivity contribution in [2.24, 2.45) is 5.10 Å². The van der Waals surface area contributed by atoms with Crippen LogP contribution in [-0.4, -0.2) is 37.7 Å². The standard InChI is InChI=1S/C29H31BrN4O5/c1-18(2)22-10-8-20(9-11-22)15-31-28(36)29(37)34-32-16-21-13-24(30)27(25(14-21)38-4)39-17-26(35)33-23-7-5-6-19(3)12-23/h5-14,16,18H,15,17H2,1-4H3,(H,31,36)(H,33,35)(H,34,37)/b32-16-. The van der Waals surface area contributed by atoms with E-state index < -0.39 is 11.8 Å². The Labute approximate surface area is 236 Å². The molecule has 3 amide bonds. The summed E-state index contributed by atoms with van der Waals surface area (Å²) in [6.07, 6.45) is 1.36. The van der Waals surface area contributed by atoms with Gasteiger partial charge in [0.25, 0.3) is 5.91 Å². The maximum Gasteiger partial charge on any atom is 0.329 e. The van der Waals surface area contributed by atoms with Gasteiger partial charge in [0.15, 0.2) is 18.1 Å². The average molecular weight is 595 g/mol. The smallest absolute Gasteiger partial charge is 0.329 e. The lowest BCUT2D eigenvalue weighted by Gasteiger charge is -2.13. The molecule has 39 heavy (non-hydrogen) atoms. The fourth-order valence-corrected chi connectivity index (χ4v) is 4.09. The Morgan fingerprint density at radius 2 is 1.77 bits per heavy atom. The first-order valence-electron chi connectivity index (χ1n) is 12.2. The van der Waals surface area contributed by atoms with Crippen molar-refractivity contribution in [1.82, 2.24) is 10.7 Å². The molecule has 0 aliphatic rings. The highest BCUT2D eigenvalue weighted by Gasteiger charge is 2.15. The largest absolute Gasteiger partial charge is 0.493 e. The Bertz CT molecular complexity index is 1360. The molecule has 0 fully saturated rings. The lowest BCUT2D eigenvalue weighted by molar-refractivity contribution is -0.139. The maximum absolute atomic E-state index is 12.3. The van der Waals surface area contributed by atoms with Gasteiger partial charge in [0.2, 0.25) is 0 Å². The molecule has 0 aliphatic heterocycles. The van der Waals surface area contributed by atoms with E-state index in [1.54, 1.807) is 18.2 Å². The Morgan fingerprint density at radius 1 is 1.03 bits per heavy atom. The maximum atomic E-state index is 12.3. The predicted molar refractivity (Wildman–Crippen MR) is 154 cm³/mol. The monoisotopic (exact) mass is 594 g/mol. The Balaban J connectivity index is 1.52. The first-order valence-corrected chi connectivity index (χ1v) is 13.0. The predicted octanol–water partition coefficient (Wildman–Crippen LogP) is 4.67. The van der Waals surface area contributed by atoms with Crippen molar-refractivity contribution in [2.45, 2.75) is 33.2 Å². The summed E-state index contributed by atoms with van der Waals surface area (Å²) in [5.74, 6) is -0.922. The van der Waals surface area contributed by atoms with E-state index in [9.17, 15) is 14.4 Å². The second kappa shape index (κ2) is 14.1. The van der Waals surface area contributed by atoms with Gasteiger partial charge in [-0.3, -0.25) is 14.4 Å². The molecule has 3 rings (SSSR count).